The van der Waals surface area contributed by atoms with Crippen LogP contribution in [0.15, 0.2) is 29.2 Å². The summed E-state index contributed by atoms with van der Waals surface area (Å²) in [5.74, 6) is 0.564. The van der Waals surface area contributed by atoms with Gasteiger partial charge in [0.2, 0.25) is 10.0 Å². The summed E-state index contributed by atoms with van der Waals surface area (Å²) < 4.78 is 31.0. The minimum absolute atomic E-state index is 0.352. The molecule has 0 unspecified atom stereocenters. The maximum absolute atomic E-state index is 12.3. The summed E-state index contributed by atoms with van der Waals surface area (Å²) in [5, 5.41) is 0. The number of methoxy groups -OCH3 is 1. The fraction of sp³-hybridized carbons (Fsp3) is 0.600. The third kappa shape index (κ3) is 4.89. The molecule has 1 aromatic rings. The zero-order chi connectivity index (χ0) is 15.2. The van der Waals surface area contributed by atoms with Crippen LogP contribution in [0.3, 0.4) is 0 Å². The van der Waals surface area contributed by atoms with Crippen molar-refractivity contribution < 1.29 is 13.2 Å². The largest absolute Gasteiger partial charge is 0.385 e. The van der Waals surface area contributed by atoms with E-state index in [9.17, 15) is 8.42 Å². The van der Waals surface area contributed by atoms with E-state index in [-0.39, 0.29) is 0 Å². The Morgan fingerprint density at radius 1 is 1.20 bits per heavy atom. The maximum atomic E-state index is 12.3. The highest BCUT2D eigenvalue weighted by Gasteiger charge is 2.20. The number of hydrogen-bond donors (Lipinski definition) is 0. The Hall–Kier alpha value is -0.910. The molecule has 114 valence electrons. The van der Waals surface area contributed by atoms with E-state index >= 15 is 0 Å². The van der Waals surface area contributed by atoms with Crippen LogP contribution in [0.1, 0.15) is 25.8 Å². The third-order valence-corrected chi connectivity index (χ3v) is 4.97. The SMILES string of the molecule is COCCCN(C)S(=O)(=O)c1ccc(CC(C)C)cc1. The number of rotatable bonds is 8. The van der Waals surface area contributed by atoms with Crippen molar-refractivity contribution in [1.82, 2.24) is 4.31 Å². The Balaban J connectivity index is 2.76. The minimum atomic E-state index is -3.39. The third-order valence-electron chi connectivity index (χ3n) is 3.10. The normalized spacial score (nSPS) is 12.3. The quantitative estimate of drug-likeness (QED) is 0.693. The van der Waals surface area contributed by atoms with Crippen LogP contribution in [0.5, 0.6) is 0 Å². The standard InChI is InChI=1S/C15H25NO3S/c1-13(2)12-14-6-8-15(9-7-14)20(17,18)16(3)10-5-11-19-4/h6-9,13H,5,10-12H2,1-4H3. The second kappa shape index (κ2) is 7.76. The molecule has 0 atom stereocenters. The molecule has 0 saturated carbocycles. The monoisotopic (exact) mass is 299 g/mol. The molecule has 0 aliphatic carbocycles. The van der Waals surface area contributed by atoms with Gasteiger partial charge < -0.3 is 4.74 Å². The highest BCUT2D eigenvalue weighted by atomic mass is 32.2. The van der Waals surface area contributed by atoms with Crippen molar-refractivity contribution in [3.05, 3.63) is 29.8 Å². The van der Waals surface area contributed by atoms with Crippen molar-refractivity contribution in [3.8, 4) is 0 Å². The van der Waals surface area contributed by atoms with Gasteiger partial charge in [-0.3, -0.25) is 0 Å². The predicted octanol–water partition coefficient (Wildman–Crippen LogP) is 2.54. The van der Waals surface area contributed by atoms with Crippen molar-refractivity contribution in [2.45, 2.75) is 31.6 Å². The molecule has 0 heterocycles. The van der Waals surface area contributed by atoms with Crippen molar-refractivity contribution in [1.29, 1.82) is 0 Å². The van der Waals surface area contributed by atoms with Gasteiger partial charge in [0, 0.05) is 27.3 Å². The van der Waals surface area contributed by atoms with E-state index in [0.29, 0.717) is 30.4 Å². The summed E-state index contributed by atoms with van der Waals surface area (Å²) in [5.41, 5.74) is 1.17. The van der Waals surface area contributed by atoms with Gasteiger partial charge in [-0.25, -0.2) is 12.7 Å². The Labute approximate surface area is 122 Å². The van der Waals surface area contributed by atoms with Gasteiger partial charge in [-0.1, -0.05) is 26.0 Å². The molecule has 0 aliphatic rings. The number of hydrogen-bond acceptors (Lipinski definition) is 3. The van der Waals surface area contributed by atoms with Crippen LogP contribution in [-0.4, -0.2) is 40.0 Å². The molecule has 0 fully saturated rings. The van der Waals surface area contributed by atoms with E-state index in [1.807, 2.05) is 12.1 Å². The van der Waals surface area contributed by atoms with Crippen LogP contribution in [0, 0.1) is 5.92 Å². The highest BCUT2D eigenvalue weighted by Crippen LogP contribution is 2.17. The molecule has 0 saturated heterocycles. The lowest BCUT2D eigenvalue weighted by atomic mass is 10.0. The van der Waals surface area contributed by atoms with E-state index in [1.165, 1.54) is 9.87 Å². The van der Waals surface area contributed by atoms with Gasteiger partial charge >= 0.3 is 0 Å². The molecule has 0 aromatic heterocycles. The Kier molecular flexibility index (Phi) is 6.65. The van der Waals surface area contributed by atoms with Crippen LogP contribution in [-0.2, 0) is 21.2 Å². The molecule has 4 nitrogen and oxygen atoms in total. The van der Waals surface area contributed by atoms with E-state index in [1.54, 1.807) is 26.3 Å². The summed E-state index contributed by atoms with van der Waals surface area (Å²) >= 11 is 0. The van der Waals surface area contributed by atoms with Crippen molar-refractivity contribution in [3.63, 3.8) is 0 Å². The smallest absolute Gasteiger partial charge is 0.242 e. The van der Waals surface area contributed by atoms with Gasteiger partial charge in [-0.05, 0) is 36.5 Å². The molecule has 0 bridgehead atoms. The van der Waals surface area contributed by atoms with Crippen LogP contribution >= 0.6 is 0 Å². The number of ether oxygens (including phenoxy) is 1. The summed E-state index contributed by atoms with van der Waals surface area (Å²) in [6, 6.07) is 7.19. The zero-order valence-corrected chi connectivity index (χ0v) is 13.6. The topological polar surface area (TPSA) is 46.6 Å². The predicted molar refractivity (Wildman–Crippen MR) is 81.3 cm³/mol. The highest BCUT2D eigenvalue weighted by molar-refractivity contribution is 7.89. The number of benzene rings is 1. The minimum Gasteiger partial charge on any atom is -0.385 e. The van der Waals surface area contributed by atoms with Crippen LogP contribution in [0.25, 0.3) is 0 Å². The molecular formula is C15H25NO3S. The summed E-state index contributed by atoms with van der Waals surface area (Å²) in [7, 11) is -0.170. The number of sulfonamides is 1. The van der Waals surface area contributed by atoms with Crippen LogP contribution < -0.4 is 0 Å². The average molecular weight is 299 g/mol. The van der Waals surface area contributed by atoms with Gasteiger partial charge in [0.25, 0.3) is 0 Å². The molecule has 0 aliphatic heterocycles. The molecule has 0 N–H and O–H groups in total. The number of nitrogens with zero attached hydrogens (tertiary/aromatic N) is 1. The first-order valence-corrected chi connectivity index (χ1v) is 8.36. The molecule has 0 amide bonds. The Morgan fingerprint density at radius 2 is 1.80 bits per heavy atom. The molecule has 0 radical (unpaired) electrons. The molecule has 5 heteroatoms. The van der Waals surface area contributed by atoms with E-state index in [2.05, 4.69) is 13.8 Å². The first-order chi connectivity index (χ1) is 9.37. The van der Waals surface area contributed by atoms with Crippen LogP contribution in [0.2, 0.25) is 0 Å². The molecular weight excluding hydrogens is 274 g/mol. The average Bonchev–Trinajstić information content (AvgIpc) is 2.38. The summed E-state index contributed by atoms with van der Waals surface area (Å²) in [6.07, 6.45) is 1.65. The fourth-order valence-corrected chi connectivity index (χ4v) is 3.21. The zero-order valence-electron chi connectivity index (χ0n) is 12.8. The molecule has 1 aromatic carbocycles. The molecule has 0 spiro atoms. The molecule has 1 rings (SSSR count). The second-order valence-corrected chi connectivity index (χ2v) is 7.46. The fourth-order valence-electron chi connectivity index (χ4n) is 2.00. The van der Waals surface area contributed by atoms with Gasteiger partial charge in [-0.15, -0.1) is 0 Å². The second-order valence-electron chi connectivity index (χ2n) is 5.41. The van der Waals surface area contributed by atoms with E-state index < -0.39 is 10.0 Å². The first kappa shape index (κ1) is 17.1. The van der Waals surface area contributed by atoms with Gasteiger partial charge in [0.15, 0.2) is 0 Å². The van der Waals surface area contributed by atoms with Gasteiger partial charge in [0.05, 0.1) is 4.90 Å². The lowest BCUT2D eigenvalue weighted by molar-refractivity contribution is 0.189. The van der Waals surface area contributed by atoms with E-state index in [0.717, 1.165) is 6.42 Å². The van der Waals surface area contributed by atoms with Crippen molar-refractivity contribution >= 4 is 10.0 Å². The summed E-state index contributed by atoms with van der Waals surface area (Å²) in [6.45, 7) is 5.32. The van der Waals surface area contributed by atoms with Crippen LogP contribution in [0.4, 0.5) is 0 Å². The van der Waals surface area contributed by atoms with Crippen molar-refractivity contribution in [2.24, 2.45) is 5.92 Å². The lowest BCUT2D eigenvalue weighted by Crippen LogP contribution is -2.28. The van der Waals surface area contributed by atoms with Gasteiger partial charge in [-0.2, -0.15) is 0 Å². The lowest BCUT2D eigenvalue weighted by Gasteiger charge is -2.17. The van der Waals surface area contributed by atoms with Crippen molar-refractivity contribution in [2.75, 3.05) is 27.3 Å². The van der Waals surface area contributed by atoms with Gasteiger partial charge in [0.1, 0.15) is 0 Å². The molecule has 20 heavy (non-hydrogen) atoms. The first-order valence-electron chi connectivity index (χ1n) is 6.92. The maximum Gasteiger partial charge on any atom is 0.242 e. The Bertz CT molecular complexity index is 494. The van der Waals surface area contributed by atoms with E-state index in [4.69, 9.17) is 4.74 Å². The summed E-state index contributed by atoms with van der Waals surface area (Å²) in [4.78, 5) is 0.352. The Morgan fingerprint density at radius 3 is 2.30 bits per heavy atom.